The minimum absolute atomic E-state index is 0.385. The van der Waals surface area contributed by atoms with Crippen molar-refractivity contribution >= 4 is 30.6 Å². The van der Waals surface area contributed by atoms with Crippen LogP contribution in [0.5, 0.6) is 0 Å². The average molecular weight is 319 g/mol. The van der Waals surface area contributed by atoms with Gasteiger partial charge >= 0.3 is 0 Å². The zero-order valence-electron chi connectivity index (χ0n) is 13.2. The largest absolute Gasteiger partial charge is 0.366 e. The van der Waals surface area contributed by atoms with Crippen molar-refractivity contribution in [2.75, 3.05) is 23.7 Å². The fourth-order valence-corrected chi connectivity index (χ4v) is 2.86. The predicted octanol–water partition coefficient (Wildman–Crippen LogP) is 0.304. The molecule has 1 atom stereocenters. The van der Waals surface area contributed by atoms with Gasteiger partial charge < -0.3 is 16.0 Å². The molecule has 1 aliphatic heterocycles. The molecule has 0 aromatic carbocycles. The second-order valence-corrected chi connectivity index (χ2v) is 5.91. The van der Waals surface area contributed by atoms with E-state index in [2.05, 4.69) is 31.0 Å². The number of nitrogens with one attached hydrogen (secondary N) is 3. The number of hydrogen-bond donors (Lipinski definition) is 3. The zero-order chi connectivity index (χ0) is 16.4. The molecule has 4 rings (SSSR count). The summed E-state index contributed by atoms with van der Waals surface area (Å²) in [6.07, 6.45) is 6.31. The molecule has 1 aliphatic rings. The van der Waals surface area contributed by atoms with Gasteiger partial charge in [0.2, 0.25) is 0 Å². The maximum Gasteiger partial charge on any atom is 0.152 e. The van der Waals surface area contributed by atoms with Crippen LogP contribution in [0.4, 0.5) is 11.6 Å². The van der Waals surface area contributed by atoms with Crippen LogP contribution in [0.25, 0.3) is 5.65 Å². The number of hydrogen-bond acceptors (Lipinski definition) is 6. The maximum atomic E-state index is 6.01. The lowest BCUT2D eigenvalue weighted by Crippen LogP contribution is -2.23. The minimum Gasteiger partial charge on any atom is -0.366 e. The van der Waals surface area contributed by atoms with Crippen LogP contribution in [0.2, 0.25) is 0 Å². The Balaban J connectivity index is 1.62. The van der Waals surface area contributed by atoms with E-state index < -0.39 is 0 Å². The summed E-state index contributed by atoms with van der Waals surface area (Å²) >= 11 is 0. The van der Waals surface area contributed by atoms with Crippen LogP contribution in [-0.4, -0.2) is 46.6 Å². The zero-order valence-corrected chi connectivity index (χ0v) is 13.2. The van der Waals surface area contributed by atoms with Crippen molar-refractivity contribution in [2.24, 2.45) is 0 Å². The van der Waals surface area contributed by atoms with Gasteiger partial charge in [-0.25, -0.2) is 4.98 Å². The summed E-state index contributed by atoms with van der Waals surface area (Å²) in [6.45, 7) is 2.62. The molecule has 0 aliphatic carbocycles. The number of nitrogens with zero attached hydrogens (tertiary/aromatic N) is 4. The van der Waals surface area contributed by atoms with Crippen molar-refractivity contribution in [3.05, 3.63) is 42.4 Å². The molecule has 24 heavy (non-hydrogen) atoms. The van der Waals surface area contributed by atoms with E-state index in [9.17, 15) is 0 Å². The molecular formula is C16H18BN7. The van der Waals surface area contributed by atoms with Gasteiger partial charge in [-0.05, 0) is 30.1 Å². The van der Waals surface area contributed by atoms with Crippen LogP contribution in [0.15, 0.2) is 36.8 Å². The Morgan fingerprint density at radius 1 is 1.38 bits per heavy atom. The molecular weight excluding hydrogens is 301 g/mol. The highest BCUT2D eigenvalue weighted by Crippen LogP contribution is 2.17. The first-order valence-electron chi connectivity index (χ1n) is 8.04. The normalized spacial score (nSPS) is 17.2. The molecule has 0 bridgehead atoms. The van der Waals surface area contributed by atoms with Gasteiger partial charge in [0.05, 0.1) is 0 Å². The van der Waals surface area contributed by atoms with Gasteiger partial charge in [-0.3, -0.25) is 4.98 Å². The van der Waals surface area contributed by atoms with Gasteiger partial charge in [0, 0.05) is 43.8 Å². The summed E-state index contributed by atoms with van der Waals surface area (Å²) in [7, 11) is 6.01. The number of rotatable bonds is 5. The standard InChI is InChI=1S/C16H18BN7/c17-13-10-21-24-15(20-8-11-2-1-4-18-7-11)6-14(23-16(13)24)22-12-3-5-19-9-12/h1-2,4,6-7,10,12,19-20H,3,5,8-9H2,(H,22,23)/t12-/m1/s1. The maximum absolute atomic E-state index is 6.01. The van der Waals surface area contributed by atoms with E-state index in [4.69, 9.17) is 7.85 Å². The third kappa shape index (κ3) is 3.05. The molecule has 1 fully saturated rings. The molecule has 8 heteroatoms. The van der Waals surface area contributed by atoms with Crippen LogP contribution >= 0.6 is 0 Å². The smallest absolute Gasteiger partial charge is 0.152 e. The monoisotopic (exact) mass is 319 g/mol. The van der Waals surface area contributed by atoms with Crippen molar-refractivity contribution in [3.8, 4) is 0 Å². The minimum atomic E-state index is 0.385. The first-order chi connectivity index (χ1) is 11.8. The summed E-state index contributed by atoms with van der Waals surface area (Å²) < 4.78 is 1.73. The van der Waals surface area contributed by atoms with E-state index in [-0.39, 0.29) is 0 Å². The van der Waals surface area contributed by atoms with Crippen LogP contribution in [0, 0.1) is 0 Å². The van der Waals surface area contributed by atoms with Gasteiger partial charge in [-0.1, -0.05) is 6.07 Å². The van der Waals surface area contributed by atoms with Crippen molar-refractivity contribution in [3.63, 3.8) is 0 Å². The third-order valence-corrected chi connectivity index (χ3v) is 4.11. The fraction of sp³-hybridized carbons (Fsp3) is 0.312. The number of pyridine rings is 1. The van der Waals surface area contributed by atoms with Crippen LogP contribution in [0.1, 0.15) is 12.0 Å². The molecule has 4 heterocycles. The van der Waals surface area contributed by atoms with Gasteiger partial charge in [-0.15, -0.1) is 0 Å². The molecule has 2 radical (unpaired) electrons. The molecule has 3 aromatic rings. The third-order valence-electron chi connectivity index (χ3n) is 4.11. The van der Waals surface area contributed by atoms with E-state index in [0.717, 1.165) is 36.7 Å². The van der Waals surface area contributed by atoms with Crippen LogP contribution in [-0.2, 0) is 6.54 Å². The first-order valence-corrected chi connectivity index (χ1v) is 8.04. The van der Waals surface area contributed by atoms with Crippen molar-refractivity contribution < 1.29 is 0 Å². The Morgan fingerprint density at radius 3 is 3.12 bits per heavy atom. The molecule has 0 unspecified atom stereocenters. The Morgan fingerprint density at radius 2 is 2.33 bits per heavy atom. The lowest BCUT2D eigenvalue weighted by molar-refractivity contribution is 0.786. The fourth-order valence-electron chi connectivity index (χ4n) is 2.86. The highest BCUT2D eigenvalue weighted by Gasteiger charge is 2.16. The summed E-state index contributed by atoms with van der Waals surface area (Å²) in [5, 5.41) is 14.5. The molecule has 3 N–H and O–H groups in total. The Kier molecular flexibility index (Phi) is 4.04. The molecule has 1 saturated heterocycles. The van der Waals surface area contributed by atoms with Gasteiger partial charge in [0.15, 0.2) is 5.65 Å². The highest BCUT2D eigenvalue weighted by molar-refractivity contribution is 6.36. The van der Waals surface area contributed by atoms with E-state index >= 15 is 0 Å². The Bertz CT molecular complexity index is 827. The van der Waals surface area contributed by atoms with Gasteiger partial charge in [0.25, 0.3) is 0 Å². The van der Waals surface area contributed by atoms with Crippen LogP contribution in [0.3, 0.4) is 0 Å². The average Bonchev–Trinajstić information content (AvgIpc) is 3.24. The molecule has 7 nitrogen and oxygen atoms in total. The van der Waals surface area contributed by atoms with Gasteiger partial charge in [0.1, 0.15) is 19.5 Å². The van der Waals surface area contributed by atoms with Crippen molar-refractivity contribution in [1.29, 1.82) is 0 Å². The topological polar surface area (TPSA) is 79.2 Å². The highest BCUT2D eigenvalue weighted by atomic mass is 15.3. The van der Waals surface area contributed by atoms with Crippen molar-refractivity contribution in [2.45, 2.75) is 19.0 Å². The summed E-state index contributed by atoms with van der Waals surface area (Å²) in [5.41, 5.74) is 2.31. The van der Waals surface area contributed by atoms with Gasteiger partial charge in [-0.2, -0.15) is 9.61 Å². The number of aromatic nitrogens is 4. The molecule has 3 aromatic heterocycles. The predicted molar refractivity (Wildman–Crippen MR) is 94.8 cm³/mol. The second kappa shape index (κ2) is 6.49. The lowest BCUT2D eigenvalue weighted by Gasteiger charge is -2.15. The summed E-state index contributed by atoms with van der Waals surface area (Å²) in [6, 6.07) is 6.30. The Labute approximate surface area is 141 Å². The van der Waals surface area contributed by atoms with Crippen molar-refractivity contribution in [1.82, 2.24) is 24.9 Å². The molecule has 0 saturated carbocycles. The molecule has 0 amide bonds. The first kappa shape index (κ1) is 15.0. The number of fused-ring (bicyclic) bond motifs is 1. The van der Waals surface area contributed by atoms with E-state index in [0.29, 0.717) is 23.7 Å². The van der Waals surface area contributed by atoms with Crippen LogP contribution < -0.4 is 21.4 Å². The lowest BCUT2D eigenvalue weighted by atomic mass is 10.0. The summed E-state index contributed by atoms with van der Waals surface area (Å²) in [5.74, 6) is 1.64. The SMILES string of the molecule is [B]c1cnn2c(NCc3cccnc3)cc(N[C@@H]3CCNC3)nc12. The quantitative estimate of drug-likeness (QED) is 0.587. The molecule has 120 valence electrons. The molecule has 0 spiro atoms. The van der Waals surface area contributed by atoms with E-state index in [1.807, 2.05) is 24.4 Å². The Hall–Kier alpha value is -2.61. The number of anilines is 2. The van der Waals surface area contributed by atoms with E-state index in [1.54, 1.807) is 16.9 Å². The summed E-state index contributed by atoms with van der Waals surface area (Å²) in [4.78, 5) is 8.73. The second-order valence-electron chi connectivity index (χ2n) is 5.91. The van der Waals surface area contributed by atoms with E-state index in [1.165, 1.54) is 0 Å².